The van der Waals surface area contributed by atoms with E-state index in [9.17, 15) is 0 Å². The van der Waals surface area contributed by atoms with Crippen LogP contribution >= 0.6 is 0 Å². The molecule has 3 aromatic carbocycles. The summed E-state index contributed by atoms with van der Waals surface area (Å²) in [7, 11) is 3.40. The summed E-state index contributed by atoms with van der Waals surface area (Å²) in [6, 6.07) is 27.1. The van der Waals surface area contributed by atoms with Crippen molar-refractivity contribution >= 4 is 11.3 Å². The number of nitrogens with one attached hydrogen (secondary N) is 1. The number of hydrazine groups is 1. The predicted octanol–water partition coefficient (Wildman–Crippen LogP) is 5.80. The van der Waals surface area contributed by atoms with Gasteiger partial charge in [0.2, 0.25) is 0 Å². The minimum atomic E-state index is -0.344. The molecule has 4 nitrogen and oxygen atoms in total. The summed E-state index contributed by atoms with van der Waals surface area (Å²) >= 11 is 0. The van der Waals surface area contributed by atoms with E-state index in [-0.39, 0.29) is 5.54 Å². The van der Waals surface area contributed by atoms with Gasteiger partial charge in [0.05, 0.1) is 25.5 Å². The number of hydrogen-bond acceptors (Lipinski definition) is 4. The predicted molar refractivity (Wildman–Crippen MR) is 134 cm³/mol. The van der Waals surface area contributed by atoms with Crippen molar-refractivity contribution in [1.82, 2.24) is 10.4 Å². The standard InChI is InChI=1S/C29H28N2O2/c1-32-26-14-10-22(11-15-26)24-9-6-19-29(21-24,25-12-16-27(33-2)17-13-25)31-20-18-28(30-31)23-7-4-3-5-8-23/h3-18,21,30H,19-20H2,1-2H3. The highest BCUT2D eigenvalue weighted by atomic mass is 16.5. The van der Waals surface area contributed by atoms with Crippen molar-refractivity contribution < 1.29 is 9.47 Å². The normalized spacial score (nSPS) is 20.1. The molecule has 1 unspecified atom stereocenters. The fourth-order valence-corrected chi connectivity index (χ4v) is 4.60. The summed E-state index contributed by atoms with van der Waals surface area (Å²) in [5.41, 5.74) is 9.26. The molecule has 1 atom stereocenters. The zero-order valence-corrected chi connectivity index (χ0v) is 19.0. The largest absolute Gasteiger partial charge is 0.497 e. The Bertz CT molecular complexity index is 1190. The average molecular weight is 437 g/mol. The summed E-state index contributed by atoms with van der Waals surface area (Å²) in [6.45, 7) is 0.802. The van der Waals surface area contributed by atoms with Gasteiger partial charge in [-0.05, 0) is 65.1 Å². The van der Waals surface area contributed by atoms with Gasteiger partial charge >= 0.3 is 0 Å². The van der Waals surface area contributed by atoms with Crippen molar-refractivity contribution in [2.75, 3.05) is 20.8 Å². The number of hydrogen-bond donors (Lipinski definition) is 1. The summed E-state index contributed by atoms with van der Waals surface area (Å²) in [6.07, 6.45) is 9.99. The maximum atomic E-state index is 5.42. The Kier molecular flexibility index (Phi) is 5.76. The third-order valence-corrected chi connectivity index (χ3v) is 6.43. The maximum Gasteiger partial charge on any atom is 0.118 e. The zero-order valence-electron chi connectivity index (χ0n) is 19.0. The number of rotatable bonds is 6. The van der Waals surface area contributed by atoms with Gasteiger partial charge in [0, 0.05) is 6.54 Å². The molecular weight excluding hydrogens is 408 g/mol. The molecule has 2 aliphatic rings. The summed E-state index contributed by atoms with van der Waals surface area (Å²) < 4.78 is 10.8. The van der Waals surface area contributed by atoms with Crippen LogP contribution in [0.4, 0.5) is 0 Å². The van der Waals surface area contributed by atoms with Gasteiger partial charge in [-0.1, -0.05) is 66.7 Å². The van der Waals surface area contributed by atoms with Gasteiger partial charge in [-0.15, -0.1) is 0 Å². The van der Waals surface area contributed by atoms with E-state index in [4.69, 9.17) is 9.47 Å². The van der Waals surface area contributed by atoms with E-state index < -0.39 is 0 Å². The van der Waals surface area contributed by atoms with Crippen LogP contribution in [-0.2, 0) is 5.54 Å². The molecule has 3 aromatic rings. The van der Waals surface area contributed by atoms with Crippen LogP contribution in [0.1, 0.15) is 23.1 Å². The van der Waals surface area contributed by atoms with Gasteiger partial charge in [-0.3, -0.25) is 0 Å². The molecule has 0 amide bonds. The SMILES string of the molecule is COc1ccc(C2=CC(c3ccc(OC)cc3)(N3CC=C(c4ccccc4)N3)CC=C2)cc1. The van der Waals surface area contributed by atoms with E-state index in [1.807, 2.05) is 30.3 Å². The molecule has 4 heteroatoms. The lowest BCUT2D eigenvalue weighted by molar-refractivity contribution is 0.121. The molecule has 0 spiro atoms. The van der Waals surface area contributed by atoms with E-state index in [1.54, 1.807) is 14.2 Å². The molecule has 0 radical (unpaired) electrons. The fourth-order valence-electron chi connectivity index (χ4n) is 4.60. The minimum absolute atomic E-state index is 0.344. The van der Waals surface area contributed by atoms with E-state index >= 15 is 0 Å². The molecule has 166 valence electrons. The molecule has 0 aromatic heterocycles. The average Bonchev–Trinajstić information content (AvgIpc) is 3.40. The van der Waals surface area contributed by atoms with Crippen LogP contribution in [0.3, 0.4) is 0 Å². The molecule has 1 aliphatic carbocycles. The Hall–Kier alpha value is -3.76. The van der Waals surface area contributed by atoms with Crippen molar-refractivity contribution in [3.05, 3.63) is 120 Å². The second-order valence-electron chi connectivity index (χ2n) is 8.29. The molecule has 0 saturated heterocycles. The highest BCUT2D eigenvalue weighted by Crippen LogP contribution is 2.42. The summed E-state index contributed by atoms with van der Waals surface area (Å²) in [5, 5.41) is 2.34. The first-order valence-electron chi connectivity index (χ1n) is 11.2. The Morgan fingerprint density at radius 1 is 0.788 bits per heavy atom. The van der Waals surface area contributed by atoms with Crippen LogP contribution in [0.2, 0.25) is 0 Å². The van der Waals surface area contributed by atoms with Gasteiger partial charge in [0.1, 0.15) is 11.5 Å². The third kappa shape index (κ3) is 4.06. The van der Waals surface area contributed by atoms with Crippen LogP contribution in [0.25, 0.3) is 11.3 Å². The van der Waals surface area contributed by atoms with Gasteiger partial charge in [0.25, 0.3) is 0 Å². The van der Waals surface area contributed by atoms with E-state index in [2.05, 4.69) is 83.3 Å². The second kappa shape index (κ2) is 9.00. The van der Waals surface area contributed by atoms with Gasteiger partial charge in [-0.25, -0.2) is 5.01 Å². The Labute approximate surface area is 195 Å². The van der Waals surface area contributed by atoms with Crippen LogP contribution in [-0.4, -0.2) is 25.8 Å². The van der Waals surface area contributed by atoms with E-state index in [0.29, 0.717) is 0 Å². The fraction of sp³-hybridized carbons (Fsp3) is 0.172. The highest BCUT2D eigenvalue weighted by molar-refractivity contribution is 5.77. The van der Waals surface area contributed by atoms with Gasteiger partial charge in [-0.2, -0.15) is 0 Å². The monoisotopic (exact) mass is 436 g/mol. The lowest BCUT2D eigenvalue weighted by Crippen LogP contribution is -2.49. The summed E-state index contributed by atoms with van der Waals surface area (Å²) in [4.78, 5) is 0. The molecule has 1 heterocycles. The number of allylic oxidation sites excluding steroid dienone is 2. The van der Waals surface area contributed by atoms with Crippen molar-refractivity contribution in [3.63, 3.8) is 0 Å². The molecule has 33 heavy (non-hydrogen) atoms. The van der Waals surface area contributed by atoms with Crippen molar-refractivity contribution in [3.8, 4) is 11.5 Å². The quantitative estimate of drug-likeness (QED) is 0.529. The van der Waals surface area contributed by atoms with Crippen LogP contribution in [0.5, 0.6) is 11.5 Å². The highest BCUT2D eigenvalue weighted by Gasteiger charge is 2.39. The maximum absolute atomic E-state index is 5.42. The molecular formula is C29H28N2O2. The lowest BCUT2D eigenvalue weighted by Gasteiger charge is -2.42. The Morgan fingerprint density at radius 2 is 1.45 bits per heavy atom. The first-order chi connectivity index (χ1) is 16.2. The minimum Gasteiger partial charge on any atom is -0.497 e. The second-order valence-corrected chi connectivity index (χ2v) is 8.29. The smallest absolute Gasteiger partial charge is 0.118 e. The van der Waals surface area contributed by atoms with E-state index in [0.717, 1.165) is 30.2 Å². The Morgan fingerprint density at radius 3 is 2.12 bits per heavy atom. The molecule has 5 rings (SSSR count). The molecule has 1 aliphatic heterocycles. The first-order valence-corrected chi connectivity index (χ1v) is 11.2. The zero-order chi connectivity index (χ0) is 22.7. The van der Waals surface area contributed by atoms with Crippen LogP contribution in [0, 0.1) is 0 Å². The van der Waals surface area contributed by atoms with Crippen LogP contribution < -0.4 is 14.9 Å². The number of ether oxygens (including phenoxy) is 2. The van der Waals surface area contributed by atoms with E-state index in [1.165, 1.54) is 22.3 Å². The van der Waals surface area contributed by atoms with Gasteiger partial charge < -0.3 is 14.9 Å². The topological polar surface area (TPSA) is 33.7 Å². The molecule has 0 saturated carbocycles. The van der Waals surface area contributed by atoms with Crippen LogP contribution in [0.15, 0.2) is 103 Å². The van der Waals surface area contributed by atoms with Gasteiger partial charge in [0.15, 0.2) is 0 Å². The molecule has 0 fully saturated rings. The van der Waals surface area contributed by atoms with Crippen molar-refractivity contribution in [1.29, 1.82) is 0 Å². The number of benzene rings is 3. The van der Waals surface area contributed by atoms with Crippen molar-refractivity contribution in [2.45, 2.75) is 12.0 Å². The third-order valence-electron chi connectivity index (χ3n) is 6.43. The molecule has 0 bridgehead atoms. The Balaban J connectivity index is 1.54. The lowest BCUT2D eigenvalue weighted by atomic mass is 9.79. The number of nitrogens with zero attached hydrogens (tertiary/aromatic N) is 1. The van der Waals surface area contributed by atoms with Crippen molar-refractivity contribution in [2.24, 2.45) is 0 Å². The first kappa shape index (κ1) is 21.1. The number of methoxy groups -OCH3 is 2. The summed E-state index contributed by atoms with van der Waals surface area (Å²) in [5.74, 6) is 1.72. The molecule has 1 N–H and O–H groups in total.